The molecule has 0 radical (unpaired) electrons. The summed E-state index contributed by atoms with van der Waals surface area (Å²) in [5.74, 6) is 3.02. The van der Waals surface area contributed by atoms with E-state index in [9.17, 15) is 0 Å². The first-order valence-corrected chi connectivity index (χ1v) is 7.56. The first-order chi connectivity index (χ1) is 10.2. The predicted molar refractivity (Wildman–Crippen MR) is 102 cm³/mol. The fourth-order valence-corrected chi connectivity index (χ4v) is 2.13. The Hall–Kier alpha value is -1.18. The standard InChI is InChI=1S/C16H25N3O2.HI/c1-5-17-16(19-13-9-11(13)3)18-12-7-8-14(21-6-2)15(10-12)20-4;/h7-8,10-11,13H,5-6,9H2,1-4H3,(H2,17,18,19);1H. The van der Waals surface area contributed by atoms with Crippen molar-refractivity contribution in [1.82, 2.24) is 5.32 Å². The van der Waals surface area contributed by atoms with E-state index in [1.165, 1.54) is 6.42 Å². The molecule has 0 aliphatic heterocycles. The lowest BCUT2D eigenvalue weighted by Crippen LogP contribution is -2.33. The Kier molecular flexibility index (Phi) is 7.78. The topological polar surface area (TPSA) is 54.9 Å². The number of rotatable bonds is 6. The number of guanidine groups is 1. The molecule has 22 heavy (non-hydrogen) atoms. The fourth-order valence-electron chi connectivity index (χ4n) is 2.13. The fraction of sp³-hybridized carbons (Fsp3) is 0.562. The molecular formula is C16H26IN3O2. The first kappa shape index (κ1) is 18.9. The van der Waals surface area contributed by atoms with Crippen LogP contribution in [0.15, 0.2) is 23.2 Å². The molecule has 6 heteroatoms. The van der Waals surface area contributed by atoms with Crippen molar-refractivity contribution in [3.63, 3.8) is 0 Å². The van der Waals surface area contributed by atoms with E-state index in [0.29, 0.717) is 12.6 Å². The average Bonchev–Trinajstić information content (AvgIpc) is 3.16. The summed E-state index contributed by atoms with van der Waals surface area (Å²) in [7, 11) is 1.65. The van der Waals surface area contributed by atoms with Gasteiger partial charge < -0.3 is 20.1 Å². The second kappa shape index (κ2) is 9.07. The molecule has 0 aromatic heterocycles. The maximum Gasteiger partial charge on any atom is 0.196 e. The van der Waals surface area contributed by atoms with Crippen molar-refractivity contribution in [2.75, 3.05) is 25.6 Å². The Morgan fingerprint density at radius 2 is 2.05 bits per heavy atom. The zero-order chi connectivity index (χ0) is 15.2. The van der Waals surface area contributed by atoms with Crippen molar-refractivity contribution < 1.29 is 9.47 Å². The highest BCUT2D eigenvalue weighted by molar-refractivity contribution is 14.0. The highest BCUT2D eigenvalue weighted by Gasteiger charge is 2.33. The number of ether oxygens (including phenoxy) is 2. The molecule has 1 aromatic rings. The number of nitrogens with zero attached hydrogens (tertiary/aromatic N) is 1. The van der Waals surface area contributed by atoms with E-state index < -0.39 is 0 Å². The average molecular weight is 419 g/mol. The van der Waals surface area contributed by atoms with E-state index in [1.807, 2.05) is 32.0 Å². The Balaban J connectivity index is 0.00000242. The van der Waals surface area contributed by atoms with E-state index in [0.717, 1.165) is 35.6 Å². The predicted octanol–water partition coefficient (Wildman–Crippen LogP) is 3.50. The summed E-state index contributed by atoms with van der Waals surface area (Å²) in [5.41, 5.74) is 0.934. The van der Waals surface area contributed by atoms with Crippen LogP contribution in [0.5, 0.6) is 11.5 Å². The number of hydrogen-bond donors (Lipinski definition) is 2. The molecule has 0 heterocycles. The molecule has 2 atom stereocenters. The van der Waals surface area contributed by atoms with Gasteiger partial charge in [-0.25, -0.2) is 0 Å². The molecule has 2 rings (SSSR count). The third kappa shape index (κ3) is 5.23. The van der Waals surface area contributed by atoms with Crippen molar-refractivity contribution in [1.29, 1.82) is 0 Å². The van der Waals surface area contributed by atoms with Crippen LogP contribution in [0.1, 0.15) is 27.2 Å². The van der Waals surface area contributed by atoms with Crippen LogP contribution >= 0.6 is 24.0 Å². The number of anilines is 1. The van der Waals surface area contributed by atoms with Gasteiger partial charge in [-0.2, -0.15) is 0 Å². The number of hydrogen-bond acceptors (Lipinski definition) is 3. The number of nitrogens with one attached hydrogen (secondary N) is 2. The summed E-state index contributed by atoms with van der Waals surface area (Å²) in [4.78, 5) is 4.47. The molecule has 0 saturated heterocycles. The quantitative estimate of drug-likeness (QED) is 0.421. The van der Waals surface area contributed by atoms with Gasteiger partial charge in [0.2, 0.25) is 0 Å². The van der Waals surface area contributed by atoms with E-state index in [1.54, 1.807) is 7.11 Å². The van der Waals surface area contributed by atoms with Crippen LogP contribution in [0.4, 0.5) is 5.69 Å². The Morgan fingerprint density at radius 1 is 1.32 bits per heavy atom. The van der Waals surface area contributed by atoms with Crippen LogP contribution in [0.2, 0.25) is 0 Å². The largest absolute Gasteiger partial charge is 0.493 e. The SMILES string of the molecule is CCN=C(Nc1ccc(OCC)c(OC)c1)NC1CC1C.I. The highest BCUT2D eigenvalue weighted by Crippen LogP contribution is 2.31. The summed E-state index contributed by atoms with van der Waals surface area (Å²) >= 11 is 0. The van der Waals surface area contributed by atoms with Gasteiger partial charge in [-0.15, -0.1) is 24.0 Å². The molecule has 0 spiro atoms. The van der Waals surface area contributed by atoms with E-state index in [-0.39, 0.29) is 24.0 Å². The lowest BCUT2D eigenvalue weighted by molar-refractivity contribution is 0.311. The van der Waals surface area contributed by atoms with Gasteiger partial charge in [-0.1, -0.05) is 6.92 Å². The zero-order valence-corrected chi connectivity index (χ0v) is 16.0. The smallest absolute Gasteiger partial charge is 0.196 e. The molecule has 1 fully saturated rings. The second-order valence-corrected chi connectivity index (χ2v) is 5.21. The molecular weight excluding hydrogens is 393 g/mol. The van der Waals surface area contributed by atoms with Gasteiger partial charge >= 0.3 is 0 Å². The second-order valence-electron chi connectivity index (χ2n) is 5.21. The molecule has 1 aliphatic rings. The molecule has 0 bridgehead atoms. The summed E-state index contributed by atoms with van der Waals surface area (Å²) < 4.78 is 10.9. The first-order valence-electron chi connectivity index (χ1n) is 7.56. The molecule has 5 nitrogen and oxygen atoms in total. The Labute approximate surface area is 149 Å². The van der Waals surface area contributed by atoms with Gasteiger partial charge in [0.15, 0.2) is 17.5 Å². The monoisotopic (exact) mass is 419 g/mol. The molecule has 0 amide bonds. The lowest BCUT2D eigenvalue weighted by atomic mass is 10.2. The van der Waals surface area contributed by atoms with Gasteiger partial charge in [-0.3, -0.25) is 4.99 Å². The van der Waals surface area contributed by atoms with Crippen molar-refractivity contribution in [3.8, 4) is 11.5 Å². The van der Waals surface area contributed by atoms with Crippen molar-refractivity contribution in [2.24, 2.45) is 10.9 Å². The maximum atomic E-state index is 5.53. The van der Waals surface area contributed by atoms with Crippen LogP contribution in [0, 0.1) is 5.92 Å². The normalized spacial score (nSPS) is 19.9. The number of aliphatic imine (C=N–C) groups is 1. The van der Waals surface area contributed by atoms with Gasteiger partial charge in [0.1, 0.15) is 0 Å². The van der Waals surface area contributed by atoms with E-state index >= 15 is 0 Å². The van der Waals surface area contributed by atoms with Crippen molar-refractivity contribution in [2.45, 2.75) is 33.2 Å². The van der Waals surface area contributed by atoms with Crippen LogP contribution in [0.3, 0.4) is 0 Å². The lowest BCUT2D eigenvalue weighted by Gasteiger charge is -2.14. The molecule has 2 N–H and O–H groups in total. The van der Waals surface area contributed by atoms with Gasteiger partial charge in [0.05, 0.1) is 13.7 Å². The zero-order valence-electron chi connectivity index (χ0n) is 13.7. The summed E-state index contributed by atoms with van der Waals surface area (Å²) in [6.07, 6.45) is 1.21. The number of methoxy groups -OCH3 is 1. The summed E-state index contributed by atoms with van der Waals surface area (Å²) in [6.45, 7) is 7.58. The van der Waals surface area contributed by atoms with Gasteiger partial charge in [0, 0.05) is 24.3 Å². The van der Waals surface area contributed by atoms with Crippen molar-refractivity contribution >= 4 is 35.6 Å². The minimum Gasteiger partial charge on any atom is -0.493 e. The van der Waals surface area contributed by atoms with Crippen LogP contribution in [0.25, 0.3) is 0 Å². The third-order valence-electron chi connectivity index (χ3n) is 3.47. The number of halogens is 1. The third-order valence-corrected chi connectivity index (χ3v) is 3.47. The molecule has 1 saturated carbocycles. The van der Waals surface area contributed by atoms with Crippen LogP contribution < -0.4 is 20.1 Å². The number of benzene rings is 1. The molecule has 124 valence electrons. The van der Waals surface area contributed by atoms with E-state index in [2.05, 4.69) is 22.5 Å². The minimum atomic E-state index is 0. The summed E-state index contributed by atoms with van der Waals surface area (Å²) in [6, 6.07) is 6.34. The maximum absolute atomic E-state index is 5.53. The van der Waals surface area contributed by atoms with Crippen LogP contribution in [-0.2, 0) is 0 Å². The molecule has 1 aromatic carbocycles. The van der Waals surface area contributed by atoms with E-state index in [4.69, 9.17) is 9.47 Å². The van der Waals surface area contributed by atoms with Crippen molar-refractivity contribution in [3.05, 3.63) is 18.2 Å². The Morgan fingerprint density at radius 3 is 2.59 bits per heavy atom. The summed E-state index contributed by atoms with van der Waals surface area (Å²) in [5, 5.41) is 6.75. The van der Waals surface area contributed by atoms with Gasteiger partial charge in [0.25, 0.3) is 0 Å². The molecule has 2 unspecified atom stereocenters. The van der Waals surface area contributed by atoms with Gasteiger partial charge in [-0.05, 0) is 38.3 Å². The minimum absolute atomic E-state index is 0. The van der Waals surface area contributed by atoms with Crippen LogP contribution in [-0.4, -0.2) is 32.3 Å². The molecule has 1 aliphatic carbocycles. The highest BCUT2D eigenvalue weighted by atomic mass is 127. The Bertz CT molecular complexity index is 508.